The third-order valence-electron chi connectivity index (χ3n) is 3.54. The van der Waals surface area contributed by atoms with Crippen LogP contribution in [0.5, 0.6) is 0 Å². The smallest absolute Gasteiger partial charge is 0.138 e. The summed E-state index contributed by atoms with van der Waals surface area (Å²) in [7, 11) is 0. The molecule has 0 fully saturated rings. The second kappa shape index (κ2) is 7.71. The summed E-state index contributed by atoms with van der Waals surface area (Å²) in [5, 5.41) is 7.81. The van der Waals surface area contributed by atoms with Gasteiger partial charge in [0.15, 0.2) is 0 Å². The number of hydrogen-bond acceptors (Lipinski definition) is 3. The highest BCUT2D eigenvalue weighted by atomic mass is 79.9. The number of aryl methyl sites for hydroxylation is 1. The SMILES string of the molecule is CCn1ncnc1CC(CNC(C)C)c1ccc(Br)cc1. The molecule has 0 bridgehead atoms. The lowest BCUT2D eigenvalue weighted by molar-refractivity contribution is 0.505. The number of nitrogens with one attached hydrogen (secondary N) is 1. The van der Waals surface area contributed by atoms with Crippen molar-refractivity contribution in [3.8, 4) is 0 Å². The fourth-order valence-corrected chi connectivity index (χ4v) is 2.62. The second-order valence-electron chi connectivity index (χ2n) is 5.51. The summed E-state index contributed by atoms with van der Waals surface area (Å²) < 4.78 is 3.08. The predicted octanol–water partition coefficient (Wildman–Crippen LogP) is 3.38. The van der Waals surface area contributed by atoms with Gasteiger partial charge in [-0.2, -0.15) is 5.10 Å². The van der Waals surface area contributed by atoms with Crippen LogP contribution >= 0.6 is 15.9 Å². The third-order valence-corrected chi connectivity index (χ3v) is 4.07. The monoisotopic (exact) mass is 350 g/mol. The molecular formula is C16H23BrN4. The maximum Gasteiger partial charge on any atom is 0.138 e. The van der Waals surface area contributed by atoms with E-state index >= 15 is 0 Å². The first-order valence-electron chi connectivity index (χ1n) is 7.45. The van der Waals surface area contributed by atoms with E-state index in [0.717, 1.165) is 29.8 Å². The standard InChI is InChI=1S/C16H23BrN4/c1-4-21-16(19-11-20-21)9-14(10-18-12(2)3)13-5-7-15(17)8-6-13/h5-8,11-12,14,18H,4,9-10H2,1-3H3. The number of halogens is 1. The molecule has 1 heterocycles. The highest BCUT2D eigenvalue weighted by Crippen LogP contribution is 2.22. The molecule has 2 aromatic rings. The molecule has 0 aliphatic carbocycles. The molecule has 4 nitrogen and oxygen atoms in total. The molecule has 0 aliphatic heterocycles. The summed E-state index contributed by atoms with van der Waals surface area (Å²) in [6, 6.07) is 9.05. The molecule has 0 spiro atoms. The Bertz CT molecular complexity index is 548. The highest BCUT2D eigenvalue weighted by Gasteiger charge is 2.16. The van der Waals surface area contributed by atoms with Gasteiger partial charge in [0.05, 0.1) is 0 Å². The van der Waals surface area contributed by atoms with E-state index in [0.29, 0.717) is 12.0 Å². The van der Waals surface area contributed by atoms with Crippen molar-refractivity contribution in [2.75, 3.05) is 6.54 Å². The van der Waals surface area contributed by atoms with E-state index in [4.69, 9.17) is 0 Å². The molecule has 1 aromatic heterocycles. The lowest BCUT2D eigenvalue weighted by atomic mass is 9.95. The van der Waals surface area contributed by atoms with Crippen LogP contribution in [0.1, 0.15) is 38.1 Å². The fourth-order valence-electron chi connectivity index (χ4n) is 2.35. The van der Waals surface area contributed by atoms with Gasteiger partial charge in [-0.3, -0.25) is 4.68 Å². The van der Waals surface area contributed by atoms with Crippen LogP contribution in [0, 0.1) is 0 Å². The first-order valence-corrected chi connectivity index (χ1v) is 8.25. The van der Waals surface area contributed by atoms with Crippen molar-refractivity contribution in [3.05, 3.63) is 46.5 Å². The summed E-state index contributed by atoms with van der Waals surface area (Å²) in [6.45, 7) is 8.25. The van der Waals surface area contributed by atoms with E-state index in [1.807, 2.05) is 4.68 Å². The predicted molar refractivity (Wildman–Crippen MR) is 89.4 cm³/mol. The van der Waals surface area contributed by atoms with Crippen molar-refractivity contribution < 1.29 is 0 Å². The molecule has 2 rings (SSSR count). The Labute approximate surface area is 135 Å². The minimum Gasteiger partial charge on any atom is -0.314 e. The van der Waals surface area contributed by atoms with E-state index in [1.54, 1.807) is 6.33 Å². The van der Waals surface area contributed by atoms with Gasteiger partial charge in [-0.15, -0.1) is 0 Å². The molecule has 1 N–H and O–H groups in total. The van der Waals surface area contributed by atoms with E-state index in [1.165, 1.54) is 5.56 Å². The number of rotatable bonds is 7. The Morgan fingerprint density at radius 3 is 2.57 bits per heavy atom. The Morgan fingerprint density at radius 1 is 1.24 bits per heavy atom. The molecule has 114 valence electrons. The largest absolute Gasteiger partial charge is 0.314 e. The van der Waals surface area contributed by atoms with Crippen LogP contribution in [0.15, 0.2) is 35.1 Å². The molecule has 0 saturated heterocycles. The Kier molecular flexibility index (Phi) is 5.94. The highest BCUT2D eigenvalue weighted by molar-refractivity contribution is 9.10. The van der Waals surface area contributed by atoms with Gasteiger partial charge < -0.3 is 5.32 Å². The first kappa shape index (κ1) is 16.2. The van der Waals surface area contributed by atoms with Gasteiger partial charge in [-0.1, -0.05) is 41.9 Å². The van der Waals surface area contributed by atoms with Crippen LogP contribution in [0.3, 0.4) is 0 Å². The Balaban J connectivity index is 2.17. The van der Waals surface area contributed by atoms with E-state index in [9.17, 15) is 0 Å². The zero-order chi connectivity index (χ0) is 15.2. The van der Waals surface area contributed by atoms with Crippen LogP contribution in [-0.2, 0) is 13.0 Å². The lowest BCUT2D eigenvalue weighted by Gasteiger charge is -2.20. The minimum absolute atomic E-state index is 0.398. The van der Waals surface area contributed by atoms with Crippen LogP contribution < -0.4 is 5.32 Å². The number of nitrogens with zero attached hydrogens (tertiary/aromatic N) is 3. The number of benzene rings is 1. The van der Waals surface area contributed by atoms with Crippen LogP contribution in [0.4, 0.5) is 0 Å². The maximum absolute atomic E-state index is 4.41. The van der Waals surface area contributed by atoms with E-state index in [-0.39, 0.29) is 0 Å². The molecule has 21 heavy (non-hydrogen) atoms. The van der Waals surface area contributed by atoms with Crippen molar-refractivity contribution in [3.63, 3.8) is 0 Å². The molecule has 1 unspecified atom stereocenters. The van der Waals surface area contributed by atoms with E-state index in [2.05, 4.69) is 76.4 Å². The molecular weight excluding hydrogens is 328 g/mol. The van der Waals surface area contributed by atoms with Crippen LogP contribution in [0.25, 0.3) is 0 Å². The van der Waals surface area contributed by atoms with Crippen molar-refractivity contribution in [2.45, 2.75) is 45.7 Å². The van der Waals surface area contributed by atoms with Crippen molar-refractivity contribution in [1.29, 1.82) is 0 Å². The summed E-state index contributed by atoms with van der Waals surface area (Å²) in [5.74, 6) is 1.45. The summed E-state index contributed by atoms with van der Waals surface area (Å²) >= 11 is 3.50. The topological polar surface area (TPSA) is 42.7 Å². The lowest BCUT2D eigenvalue weighted by Crippen LogP contribution is -2.29. The average molecular weight is 351 g/mol. The van der Waals surface area contributed by atoms with Gasteiger partial charge in [-0.05, 0) is 24.6 Å². The third kappa shape index (κ3) is 4.64. The zero-order valence-electron chi connectivity index (χ0n) is 12.9. The Morgan fingerprint density at radius 2 is 1.95 bits per heavy atom. The van der Waals surface area contributed by atoms with Gasteiger partial charge >= 0.3 is 0 Å². The molecule has 1 atom stereocenters. The fraction of sp³-hybridized carbons (Fsp3) is 0.500. The molecule has 0 aliphatic rings. The second-order valence-corrected chi connectivity index (χ2v) is 6.42. The van der Waals surface area contributed by atoms with E-state index < -0.39 is 0 Å². The Hall–Kier alpha value is -1.20. The minimum atomic E-state index is 0.398. The van der Waals surface area contributed by atoms with Crippen molar-refractivity contribution >= 4 is 15.9 Å². The molecule has 0 amide bonds. The molecule has 0 radical (unpaired) electrons. The van der Waals surface area contributed by atoms with Gasteiger partial charge in [0.2, 0.25) is 0 Å². The van der Waals surface area contributed by atoms with Gasteiger partial charge in [0.1, 0.15) is 12.2 Å². The van der Waals surface area contributed by atoms with Crippen LogP contribution in [0.2, 0.25) is 0 Å². The number of hydrogen-bond donors (Lipinski definition) is 1. The van der Waals surface area contributed by atoms with Gasteiger partial charge in [-0.25, -0.2) is 4.98 Å². The van der Waals surface area contributed by atoms with Crippen molar-refractivity contribution in [1.82, 2.24) is 20.1 Å². The summed E-state index contributed by atoms with van der Waals surface area (Å²) in [5.41, 5.74) is 1.33. The average Bonchev–Trinajstić information content (AvgIpc) is 2.91. The van der Waals surface area contributed by atoms with Gasteiger partial charge in [0.25, 0.3) is 0 Å². The quantitative estimate of drug-likeness (QED) is 0.832. The summed E-state index contributed by atoms with van der Waals surface area (Å²) in [6.07, 6.45) is 2.54. The van der Waals surface area contributed by atoms with Gasteiger partial charge in [0, 0.05) is 35.9 Å². The first-order chi connectivity index (χ1) is 10.1. The van der Waals surface area contributed by atoms with Crippen molar-refractivity contribution in [2.24, 2.45) is 0 Å². The molecule has 0 saturated carbocycles. The normalized spacial score (nSPS) is 12.8. The maximum atomic E-state index is 4.41. The van der Waals surface area contributed by atoms with Crippen LogP contribution in [-0.4, -0.2) is 27.4 Å². The molecule has 5 heteroatoms. The summed E-state index contributed by atoms with van der Waals surface area (Å²) in [4.78, 5) is 4.41. The molecule has 1 aromatic carbocycles. The zero-order valence-corrected chi connectivity index (χ0v) is 14.5. The number of aromatic nitrogens is 3.